The number of rotatable bonds is 5. The van der Waals surface area contributed by atoms with E-state index in [9.17, 15) is 18.0 Å². The van der Waals surface area contributed by atoms with Gasteiger partial charge >= 0.3 is 6.16 Å². The fraction of sp³-hybridized carbons (Fsp3) is 0.556. The van der Waals surface area contributed by atoms with Gasteiger partial charge in [-0.05, 0) is 52.3 Å². The molecule has 10 heteroatoms. The highest BCUT2D eigenvalue weighted by Gasteiger charge is 2.51. The molecule has 2 unspecified atom stereocenters. The second-order valence-corrected chi connectivity index (χ2v) is 9.91. The van der Waals surface area contributed by atoms with Gasteiger partial charge in [-0.1, -0.05) is 17.2 Å². The van der Waals surface area contributed by atoms with Crippen molar-refractivity contribution in [3.8, 4) is 0 Å². The summed E-state index contributed by atoms with van der Waals surface area (Å²) in [6.07, 6.45) is -0.238. The Morgan fingerprint density at radius 3 is 2.25 bits per heavy atom. The fourth-order valence-electron chi connectivity index (χ4n) is 2.64. The van der Waals surface area contributed by atoms with E-state index in [4.69, 9.17) is 14.5 Å². The molecule has 0 N–H and O–H groups in total. The van der Waals surface area contributed by atoms with Crippen LogP contribution in [0.5, 0.6) is 0 Å². The molecule has 156 valence electrons. The standard InChI is InChI=1S/C18H25NO8S/c1-17(2,3)27-26-16(21)25-19-14(11-20)15(24-18(19,4)5)12-7-9-13(10-8-12)28(6,22)23/h7-11,14-15H,1-6H3. The van der Waals surface area contributed by atoms with Gasteiger partial charge < -0.3 is 14.4 Å². The summed E-state index contributed by atoms with van der Waals surface area (Å²) in [6, 6.07) is 4.99. The predicted octanol–water partition coefficient (Wildman–Crippen LogP) is 2.57. The van der Waals surface area contributed by atoms with Crippen molar-refractivity contribution >= 4 is 22.3 Å². The van der Waals surface area contributed by atoms with Gasteiger partial charge in [0.25, 0.3) is 0 Å². The van der Waals surface area contributed by atoms with Gasteiger partial charge in [0, 0.05) is 6.26 Å². The molecular formula is C18H25NO8S. The topological polar surface area (TPSA) is 108 Å². The van der Waals surface area contributed by atoms with Crippen LogP contribution in [0.2, 0.25) is 0 Å². The van der Waals surface area contributed by atoms with Crippen LogP contribution in [0, 0.1) is 0 Å². The van der Waals surface area contributed by atoms with Gasteiger partial charge in [-0.2, -0.15) is 9.68 Å². The molecule has 1 aliphatic rings. The summed E-state index contributed by atoms with van der Waals surface area (Å²) in [6.45, 7) is 8.30. The lowest BCUT2D eigenvalue weighted by molar-refractivity contribution is -0.335. The second kappa shape index (κ2) is 7.78. The normalized spacial score (nSPS) is 22.6. The van der Waals surface area contributed by atoms with Crippen LogP contribution in [0.4, 0.5) is 4.79 Å². The molecule has 1 saturated heterocycles. The third-order valence-corrected chi connectivity index (χ3v) is 4.96. The van der Waals surface area contributed by atoms with Crippen LogP contribution < -0.4 is 0 Å². The highest BCUT2D eigenvalue weighted by atomic mass is 32.2. The Balaban J connectivity index is 2.21. The zero-order chi connectivity index (χ0) is 21.3. The highest BCUT2D eigenvalue weighted by molar-refractivity contribution is 7.90. The molecule has 2 rings (SSSR count). The van der Waals surface area contributed by atoms with Crippen molar-refractivity contribution in [3.63, 3.8) is 0 Å². The van der Waals surface area contributed by atoms with Gasteiger partial charge in [-0.3, -0.25) is 4.89 Å². The molecule has 0 amide bonds. The largest absolute Gasteiger partial charge is 0.560 e. The number of hydrogen-bond acceptors (Lipinski definition) is 9. The Morgan fingerprint density at radius 1 is 1.21 bits per heavy atom. The van der Waals surface area contributed by atoms with Crippen molar-refractivity contribution < 1.29 is 37.4 Å². The van der Waals surface area contributed by atoms with E-state index in [1.54, 1.807) is 46.8 Å². The molecule has 1 heterocycles. The average molecular weight is 415 g/mol. The third-order valence-electron chi connectivity index (χ3n) is 3.84. The van der Waals surface area contributed by atoms with Crippen LogP contribution in [0.3, 0.4) is 0 Å². The molecule has 2 atom stereocenters. The molecule has 28 heavy (non-hydrogen) atoms. The zero-order valence-electron chi connectivity index (χ0n) is 16.7. The molecule has 1 aliphatic heterocycles. The predicted molar refractivity (Wildman–Crippen MR) is 97.6 cm³/mol. The van der Waals surface area contributed by atoms with Crippen molar-refractivity contribution in [2.24, 2.45) is 0 Å². The zero-order valence-corrected chi connectivity index (χ0v) is 17.5. The second-order valence-electron chi connectivity index (χ2n) is 7.90. The Labute approximate surface area is 164 Å². The van der Waals surface area contributed by atoms with E-state index in [2.05, 4.69) is 4.89 Å². The Hall–Kier alpha value is -2.01. The number of benzene rings is 1. The number of hydrogen-bond donors (Lipinski definition) is 0. The molecule has 0 spiro atoms. The van der Waals surface area contributed by atoms with E-state index in [1.807, 2.05) is 0 Å². The maximum absolute atomic E-state index is 11.9. The number of carbonyl (C=O) groups excluding carboxylic acids is 2. The number of sulfone groups is 1. The lowest BCUT2D eigenvalue weighted by atomic mass is 10.0. The molecule has 0 aliphatic carbocycles. The van der Waals surface area contributed by atoms with Gasteiger partial charge in [-0.25, -0.2) is 8.42 Å². The summed E-state index contributed by atoms with van der Waals surface area (Å²) in [7, 11) is -3.35. The van der Waals surface area contributed by atoms with Gasteiger partial charge in [0.2, 0.25) is 0 Å². The molecule has 0 saturated carbocycles. The quantitative estimate of drug-likeness (QED) is 0.407. The minimum absolute atomic E-state index is 0.146. The number of nitrogens with zero attached hydrogens (tertiary/aromatic N) is 1. The van der Waals surface area contributed by atoms with Crippen LogP contribution in [-0.4, -0.2) is 49.5 Å². The molecule has 9 nitrogen and oxygen atoms in total. The van der Waals surface area contributed by atoms with Crippen LogP contribution in [0.25, 0.3) is 0 Å². The SMILES string of the molecule is CC(C)(C)OOC(=O)ON1C(C=O)C(c2ccc(S(C)(=O)=O)cc2)OC1(C)C. The molecule has 1 aromatic rings. The summed E-state index contributed by atoms with van der Waals surface area (Å²) in [5, 5.41) is 1.09. The van der Waals surface area contributed by atoms with E-state index in [0.29, 0.717) is 11.8 Å². The van der Waals surface area contributed by atoms with Crippen molar-refractivity contribution in [2.75, 3.05) is 6.26 Å². The fourth-order valence-corrected chi connectivity index (χ4v) is 3.27. The van der Waals surface area contributed by atoms with Crippen LogP contribution >= 0.6 is 0 Å². The Bertz CT molecular complexity index is 826. The minimum atomic E-state index is -3.35. The average Bonchev–Trinajstić information content (AvgIpc) is 2.82. The van der Waals surface area contributed by atoms with Crippen molar-refractivity contribution in [1.29, 1.82) is 0 Å². The molecule has 1 aromatic carbocycles. The number of carbonyl (C=O) groups is 2. The van der Waals surface area contributed by atoms with Crippen molar-refractivity contribution in [1.82, 2.24) is 5.06 Å². The van der Waals surface area contributed by atoms with E-state index in [1.165, 1.54) is 12.1 Å². The van der Waals surface area contributed by atoms with E-state index >= 15 is 0 Å². The summed E-state index contributed by atoms with van der Waals surface area (Å²) in [4.78, 5) is 38.5. The minimum Gasteiger partial charge on any atom is -0.348 e. The lowest BCUT2D eigenvalue weighted by Gasteiger charge is -2.29. The summed E-state index contributed by atoms with van der Waals surface area (Å²) in [5.41, 5.74) is -1.32. The summed E-state index contributed by atoms with van der Waals surface area (Å²) >= 11 is 0. The van der Waals surface area contributed by atoms with Crippen molar-refractivity contribution in [3.05, 3.63) is 29.8 Å². The van der Waals surface area contributed by atoms with Crippen molar-refractivity contribution in [2.45, 2.75) is 63.0 Å². The first-order valence-electron chi connectivity index (χ1n) is 8.55. The van der Waals surface area contributed by atoms with Gasteiger partial charge in [0.05, 0.1) is 4.90 Å². The maximum atomic E-state index is 11.9. The van der Waals surface area contributed by atoms with Gasteiger partial charge in [0.1, 0.15) is 24.0 Å². The molecule has 0 aromatic heterocycles. The monoisotopic (exact) mass is 415 g/mol. The van der Waals surface area contributed by atoms with Crippen LogP contribution in [0.15, 0.2) is 29.2 Å². The number of ether oxygens (including phenoxy) is 1. The van der Waals surface area contributed by atoms with Gasteiger partial charge in [-0.15, -0.1) is 0 Å². The van der Waals surface area contributed by atoms with E-state index in [0.717, 1.165) is 11.3 Å². The first-order chi connectivity index (χ1) is 12.7. The molecular weight excluding hydrogens is 390 g/mol. The van der Waals surface area contributed by atoms with E-state index < -0.39 is 39.5 Å². The number of aldehydes is 1. The highest BCUT2D eigenvalue weighted by Crippen LogP contribution is 2.40. The Kier molecular flexibility index (Phi) is 6.19. The summed E-state index contributed by atoms with van der Waals surface area (Å²) in [5.74, 6) is 0. The maximum Gasteiger partial charge on any atom is 0.560 e. The van der Waals surface area contributed by atoms with Crippen LogP contribution in [-0.2, 0) is 34.0 Å². The van der Waals surface area contributed by atoms with Crippen LogP contribution in [0.1, 0.15) is 46.3 Å². The molecule has 0 radical (unpaired) electrons. The molecule has 0 bridgehead atoms. The molecule has 1 fully saturated rings. The van der Waals surface area contributed by atoms with Gasteiger partial charge in [0.15, 0.2) is 15.6 Å². The lowest BCUT2D eigenvalue weighted by Crippen LogP contribution is -2.46. The number of hydroxylamine groups is 2. The first-order valence-corrected chi connectivity index (χ1v) is 10.4. The smallest absolute Gasteiger partial charge is 0.348 e. The Morgan fingerprint density at radius 2 is 1.79 bits per heavy atom. The first kappa shape index (κ1) is 22.3. The summed E-state index contributed by atoms with van der Waals surface area (Å²) < 4.78 is 29.1. The van der Waals surface area contributed by atoms with E-state index in [-0.39, 0.29) is 4.90 Å². The third kappa shape index (κ3) is 5.28.